The van der Waals surface area contributed by atoms with E-state index in [0.717, 1.165) is 12.8 Å². The molecule has 0 saturated carbocycles. The molecule has 1 aliphatic heterocycles. The van der Waals surface area contributed by atoms with Crippen molar-refractivity contribution in [1.29, 1.82) is 0 Å². The van der Waals surface area contributed by atoms with E-state index in [9.17, 15) is 14.9 Å². The lowest BCUT2D eigenvalue weighted by molar-refractivity contribution is -0.384. The van der Waals surface area contributed by atoms with Crippen LogP contribution >= 0.6 is 0 Å². The number of rotatable bonds is 6. The Morgan fingerprint density at radius 3 is 2.77 bits per heavy atom. The highest BCUT2D eigenvalue weighted by Crippen LogP contribution is 2.35. The first-order valence-electron chi connectivity index (χ1n) is 8.31. The number of benzene rings is 1. The second-order valence-electron chi connectivity index (χ2n) is 5.93. The normalized spacial score (nSPS) is 16.0. The summed E-state index contributed by atoms with van der Waals surface area (Å²) in [7, 11) is 0. The van der Waals surface area contributed by atoms with Gasteiger partial charge in [-0.3, -0.25) is 10.1 Å². The Kier molecular flexibility index (Phi) is 4.97. The number of aromatic nitrogens is 3. The summed E-state index contributed by atoms with van der Waals surface area (Å²) >= 11 is 0. The summed E-state index contributed by atoms with van der Waals surface area (Å²) < 4.78 is 6.97. The monoisotopic (exact) mass is 357 g/mol. The topological polar surface area (TPSA) is 112 Å². The average Bonchev–Trinajstić information content (AvgIpc) is 3.08. The molecular weight excluding hydrogens is 338 g/mol. The van der Waals surface area contributed by atoms with E-state index in [1.54, 1.807) is 23.7 Å². The summed E-state index contributed by atoms with van der Waals surface area (Å²) in [6, 6.07) is 5.48. The first-order chi connectivity index (χ1) is 12.5. The van der Waals surface area contributed by atoms with Gasteiger partial charge in [0.1, 0.15) is 12.4 Å². The van der Waals surface area contributed by atoms with Crippen LogP contribution in [-0.4, -0.2) is 32.3 Å². The van der Waals surface area contributed by atoms with E-state index in [2.05, 4.69) is 15.4 Å². The van der Waals surface area contributed by atoms with E-state index in [-0.39, 0.29) is 5.69 Å². The molecule has 0 fully saturated rings. The van der Waals surface area contributed by atoms with Crippen molar-refractivity contribution in [3.8, 4) is 0 Å². The van der Waals surface area contributed by atoms with E-state index in [1.807, 2.05) is 6.92 Å². The highest BCUT2D eigenvalue weighted by Gasteiger charge is 2.34. The molecule has 1 aromatic carbocycles. The zero-order valence-electron chi connectivity index (χ0n) is 14.5. The van der Waals surface area contributed by atoms with Crippen molar-refractivity contribution in [1.82, 2.24) is 14.8 Å². The van der Waals surface area contributed by atoms with Crippen LogP contribution in [-0.2, 0) is 9.53 Å². The van der Waals surface area contributed by atoms with Gasteiger partial charge in [0.2, 0.25) is 5.95 Å². The van der Waals surface area contributed by atoms with Gasteiger partial charge in [0.05, 0.1) is 17.1 Å². The van der Waals surface area contributed by atoms with Crippen LogP contribution in [0.25, 0.3) is 0 Å². The maximum absolute atomic E-state index is 12.7. The molecule has 0 bridgehead atoms. The lowest BCUT2D eigenvalue weighted by Gasteiger charge is -2.28. The van der Waals surface area contributed by atoms with Crippen LogP contribution in [0.5, 0.6) is 0 Å². The van der Waals surface area contributed by atoms with Gasteiger partial charge in [-0.15, -0.1) is 0 Å². The number of hydrogen-bond acceptors (Lipinski definition) is 7. The highest BCUT2D eigenvalue weighted by molar-refractivity contribution is 5.92. The van der Waals surface area contributed by atoms with Gasteiger partial charge >= 0.3 is 5.97 Å². The lowest BCUT2D eigenvalue weighted by Crippen LogP contribution is -2.29. The number of nitro benzene ring substituents is 1. The molecule has 0 radical (unpaired) electrons. The zero-order valence-corrected chi connectivity index (χ0v) is 14.5. The number of allylic oxidation sites excluding steroid dienone is 1. The molecule has 1 N–H and O–H groups in total. The number of non-ortho nitro benzene ring substituents is 1. The van der Waals surface area contributed by atoms with Gasteiger partial charge < -0.3 is 10.1 Å². The Morgan fingerprint density at radius 1 is 1.38 bits per heavy atom. The molecule has 1 atom stereocenters. The molecule has 2 aromatic rings. The van der Waals surface area contributed by atoms with Gasteiger partial charge in [-0.1, -0.05) is 13.3 Å². The van der Waals surface area contributed by atoms with Crippen molar-refractivity contribution in [3.05, 3.63) is 57.5 Å². The fourth-order valence-corrected chi connectivity index (χ4v) is 2.83. The Bertz CT molecular complexity index is 856. The second-order valence-corrected chi connectivity index (χ2v) is 5.93. The van der Waals surface area contributed by atoms with E-state index < -0.39 is 16.9 Å². The number of nitrogens with zero attached hydrogens (tertiary/aromatic N) is 4. The smallest absolute Gasteiger partial charge is 0.338 e. The number of anilines is 1. The van der Waals surface area contributed by atoms with Crippen LogP contribution in [0.2, 0.25) is 0 Å². The summed E-state index contributed by atoms with van der Waals surface area (Å²) in [5, 5.41) is 18.2. The van der Waals surface area contributed by atoms with Crippen LogP contribution in [0.4, 0.5) is 11.6 Å². The van der Waals surface area contributed by atoms with Gasteiger partial charge in [-0.05, 0) is 31.0 Å². The maximum atomic E-state index is 12.7. The standard InChI is InChI=1S/C17H19N5O4/c1-3-4-9-26-16(23)14-11(2)20-17-18-10-19-21(17)15(14)12-5-7-13(8-6-12)22(24)25/h5-8,10,15H,3-4,9H2,1-2H3,(H,18,19,20)/t15-/m0/s1. The number of unbranched alkanes of at least 4 members (excludes halogenated alkanes) is 1. The summed E-state index contributed by atoms with van der Waals surface area (Å²) in [5.41, 5.74) is 1.70. The molecule has 1 aromatic heterocycles. The van der Waals surface area contributed by atoms with Gasteiger partial charge in [0.15, 0.2) is 0 Å². The van der Waals surface area contributed by atoms with E-state index in [0.29, 0.717) is 29.4 Å². The van der Waals surface area contributed by atoms with Crippen molar-refractivity contribution in [3.63, 3.8) is 0 Å². The Hall–Kier alpha value is -3.23. The van der Waals surface area contributed by atoms with Crippen molar-refractivity contribution >= 4 is 17.6 Å². The Balaban J connectivity index is 2.00. The van der Waals surface area contributed by atoms with Gasteiger partial charge in [0, 0.05) is 17.8 Å². The fourth-order valence-electron chi connectivity index (χ4n) is 2.83. The molecule has 0 amide bonds. The largest absolute Gasteiger partial charge is 0.462 e. The first kappa shape index (κ1) is 17.6. The Morgan fingerprint density at radius 2 is 2.12 bits per heavy atom. The third-order valence-electron chi connectivity index (χ3n) is 4.16. The van der Waals surface area contributed by atoms with Crippen molar-refractivity contribution in [2.24, 2.45) is 0 Å². The van der Waals surface area contributed by atoms with Gasteiger partial charge in [-0.2, -0.15) is 10.1 Å². The van der Waals surface area contributed by atoms with Crippen LogP contribution in [0.15, 0.2) is 41.9 Å². The SMILES string of the molecule is CCCCOC(=O)C1=C(C)Nc2ncnn2[C@H]1c1ccc([N+](=O)[O-])cc1. The number of nitro groups is 1. The second kappa shape index (κ2) is 7.34. The quantitative estimate of drug-likeness (QED) is 0.366. The predicted molar refractivity (Wildman–Crippen MR) is 93.4 cm³/mol. The average molecular weight is 357 g/mol. The molecule has 0 spiro atoms. The summed E-state index contributed by atoms with van der Waals surface area (Å²) in [4.78, 5) is 27.3. The van der Waals surface area contributed by atoms with Crippen molar-refractivity contribution < 1.29 is 14.5 Å². The predicted octanol–water partition coefficient (Wildman–Crippen LogP) is 2.82. The van der Waals surface area contributed by atoms with E-state index >= 15 is 0 Å². The molecule has 0 aliphatic carbocycles. The van der Waals surface area contributed by atoms with Crippen LogP contribution < -0.4 is 5.32 Å². The third-order valence-corrected chi connectivity index (χ3v) is 4.16. The van der Waals surface area contributed by atoms with Crippen LogP contribution in [0, 0.1) is 10.1 Å². The van der Waals surface area contributed by atoms with E-state index in [1.165, 1.54) is 18.5 Å². The van der Waals surface area contributed by atoms with Gasteiger partial charge in [0.25, 0.3) is 5.69 Å². The molecular formula is C17H19N5O4. The molecule has 136 valence electrons. The fraction of sp³-hybridized carbons (Fsp3) is 0.353. The molecule has 9 nitrogen and oxygen atoms in total. The number of ether oxygens (including phenoxy) is 1. The summed E-state index contributed by atoms with van der Waals surface area (Å²) in [6.07, 6.45) is 3.09. The van der Waals surface area contributed by atoms with Gasteiger partial charge in [-0.25, -0.2) is 9.48 Å². The zero-order chi connectivity index (χ0) is 18.7. The molecule has 1 aliphatic rings. The lowest BCUT2D eigenvalue weighted by atomic mass is 9.95. The molecule has 0 unspecified atom stereocenters. The minimum Gasteiger partial charge on any atom is -0.462 e. The number of nitrogens with one attached hydrogen (secondary N) is 1. The summed E-state index contributed by atoms with van der Waals surface area (Å²) in [6.45, 7) is 4.12. The minimum absolute atomic E-state index is 0.0192. The summed E-state index contributed by atoms with van der Waals surface area (Å²) in [5.74, 6) is 0.0592. The number of hydrogen-bond donors (Lipinski definition) is 1. The number of carbonyl (C=O) groups is 1. The molecule has 2 heterocycles. The number of carbonyl (C=O) groups excluding carboxylic acids is 1. The third kappa shape index (κ3) is 3.28. The first-order valence-corrected chi connectivity index (χ1v) is 8.31. The molecule has 9 heteroatoms. The number of fused-ring (bicyclic) bond motifs is 1. The van der Waals surface area contributed by atoms with Crippen molar-refractivity contribution in [2.45, 2.75) is 32.7 Å². The minimum atomic E-state index is -0.566. The molecule has 26 heavy (non-hydrogen) atoms. The highest BCUT2D eigenvalue weighted by atomic mass is 16.6. The Labute approximate surface area is 149 Å². The number of esters is 1. The van der Waals surface area contributed by atoms with Crippen LogP contribution in [0.3, 0.4) is 0 Å². The van der Waals surface area contributed by atoms with Crippen LogP contribution in [0.1, 0.15) is 38.3 Å². The van der Waals surface area contributed by atoms with Crippen molar-refractivity contribution in [2.75, 3.05) is 11.9 Å². The molecule has 0 saturated heterocycles. The maximum Gasteiger partial charge on any atom is 0.338 e. The molecule has 3 rings (SSSR count). The van der Waals surface area contributed by atoms with E-state index in [4.69, 9.17) is 4.74 Å².